The Labute approximate surface area is 150 Å². The highest BCUT2D eigenvalue weighted by atomic mass is 16.5. The largest absolute Gasteiger partial charge is 0.466 e. The van der Waals surface area contributed by atoms with Crippen LogP contribution in [-0.2, 0) is 20.9 Å². The van der Waals surface area contributed by atoms with Crippen LogP contribution < -0.4 is 15.5 Å². The summed E-state index contributed by atoms with van der Waals surface area (Å²) in [6, 6.07) is 5.15. The van der Waals surface area contributed by atoms with E-state index in [0.717, 1.165) is 5.56 Å². The molecule has 1 aromatic carbocycles. The Balaban J connectivity index is 2.00. The molecule has 0 atom stereocenters. The van der Waals surface area contributed by atoms with E-state index in [0.29, 0.717) is 17.9 Å². The van der Waals surface area contributed by atoms with Crippen molar-refractivity contribution in [2.75, 3.05) is 44.1 Å². The lowest BCUT2D eigenvalue weighted by Crippen LogP contribution is -2.42. The zero-order valence-electron chi connectivity index (χ0n) is 14.5. The summed E-state index contributed by atoms with van der Waals surface area (Å²) in [5.41, 5.74) is 2.34. The van der Waals surface area contributed by atoms with Crippen molar-refractivity contribution in [2.45, 2.75) is 6.54 Å². The van der Waals surface area contributed by atoms with E-state index in [1.54, 1.807) is 19.2 Å². The highest BCUT2D eigenvalue weighted by Crippen LogP contribution is 2.34. The molecule has 0 unspecified atom stereocenters. The van der Waals surface area contributed by atoms with Gasteiger partial charge < -0.3 is 25.4 Å². The Kier molecular flexibility index (Phi) is 4.81. The molecular weight excluding hydrogens is 340 g/mol. The summed E-state index contributed by atoms with van der Waals surface area (Å²) >= 11 is 0. The van der Waals surface area contributed by atoms with E-state index < -0.39 is 11.9 Å². The van der Waals surface area contributed by atoms with Gasteiger partial charge in [-0.1, -0.05) is 12.1 Å². The van der Waals surface area contributed by atoms with Crippen LogP contribution in [0.4, 0.5) is 16.2 Å². The minimum Gasteiger partial charge on any atom is -0.466 e. The molecule has 3 amide bonds. The number of nitrogens with zero attached hydrogens (tertiary/aromatic N) is 2. The highest BCUT2D eigenvalue weighted by molar-refractivity contribution is 6.09. The third-order valence-electron chi connectivity index (χ3n) is 4.40. The maximum Gasteiger partial charge on any atom is 0.337 e. The molecule has 0 fully saturated rings. The van der Waals surface area contributed by atoms with Crippen LogP contribution >= 0.6 is 0 Å². The van der Waals surface area contributed by atoms with Gasteiger partial charge in [-0.15, -0.1) is 0 Å². The van der Waals surface area contributed by atoms with Gasteiger partial charge in [0.2, 0.25) is 0 Å². The first kappa shape index (κ1) is 17.7. The van der Waals surface area contributed by atoms with E-state index in [1.165, 1.54) is 16.9 Å². The van der Waals surface area contributed by atoms with Gasteiger partial charge in [-0.3, -0.25) is 9.69 Å². The number of esters is 1. The fourth-order valence-electron chi connectivity index (χ4n) is 3.11. The SMILES string of the molecule is COC(=O)C1=C(Nc2cccc3c2N(C)C(=O)NC3)C(=O)N(CCO)C1. The topological polar surface area (TPSA) is 111 Å². The number of anilines is 2. The second-order valence-electron chi connectivity index (χ2n) is 5.95. The standard InChI is InChI=1S/C17H20N4O5/c1-20-14-10(8-18-17(20)25)4-3-5-12(14)19-13-11(16(24)26-2)9-21(6-7-22)15(13)23/h3-5,19,22H,6-9H2,1-2H3,(H,18,25). The molecule has 3 N–H and O–H groups in total. The minimum absolute atomic E-state index is 0.0553. The van der Waals surface area contributed by atoms with Crippen molar-refractivity contribution in [1.29, 1.82) is 0 Å². The van der Waals surface area contributed by atoms with E-state index in [9.17, 15) is 14.4 Å². The maximum atomic E-state index is 12.6. The first-order chi connectivity index (χ1) is 12.5. The number of para-hydroxylation sites is 1. The van der Waals surface area contributed by atoms with Crippen LogP contribution in [0.1, 0.15) is 5.56 Å². The number of benzene rings is 1. The van der Waals surface area contributed by atoms with Crippen LogP contribution in [0.3, 0.4) is 0 Å². The smallest absolute Gasteiger partial charge is 0.337 e. The number of hydrogen-bond donors (Lipinski definition) is 3. The summed E-state index contributed by atoms with van der Waals surface area (Å²) in [6.45, 7) is 0.331. The molecule has 0 aromatic heterocycles. The monoisotopic (exact) mass is 360 g/mol. The van der Waals surface area contributed by atoms with Crippen LogP contribution in [-0.4, -0.2) is 61.8 Å². The molecule has 26 heavy (non-hydrogen) atoms. The van der Waals surface area contributed by atoms with E-state index in [2.05, 4.69) is 10.6 Å². The minimum atomic E-state index is -0.614. The van der Waals surface area contributed by atoms with Gasteiger partial charge in [0.05, 0.1) is 37.2 Å². The number of urea groups is 1. The Morgan fingerprint density at radius 2 is 2.15 bits per heavy atom. The van der Waals surface area contributed by atoms with E-state index in [4.69, 9.17) is 9.84 Å². The van der Waals surface area contributed by atoms with Gasteiger partial charge in [-0.25, -0.2) is 9.59 Å². The zero-order valence-corrected chi connectivity index (χ0v) is 14.5. The number of ether oxygens (including phenoxy) is 1. The van der Waals surface area contributed by atoms with Crippen LogP contribution in [0.15, 0.2) is 29.5 Å². The number of carbonyl (C=O) groups is 3. The second kappa shape index (κ2) is 7.04. The fraction of sp³-hybridized carbons (Fsp3) is 0.353. The highest BCUT2D eigenvalue weighted by Gasteiger charge is 2.35. The first-order valence-electron chi connectivity index (χ1n) is 8.10. The summed E-state index contributed by atoms with van der Waals surface area (Å²) in [5, 5.41) is 14.9. The molecule has 0 bridgehead atoms. The van der Waals surface area contributed by atoms with Crippen LogP contribution in [0.2, 0.25) is 0 Å². The molecule has 0 saturated heterocycles. The number of amides is 3. The molecule has 9 heteroatoms. The summed E-state index contributed by atoms with van der Waals surface area (Å²) in [5.74, 6) is -1.02. The van der Waals surface area contributed by atoms with Gasteiger partial charge in [0.1, 0.15) is 5.70 Å². The second-order valence-corrected chi connectivity index (χ2v) is 5.95. The number of aliphatic hydroxyl groups excluding tert-OH is 1. The van der Waals surface area contributed by atoms with Gasteiger partial charge >= 0.3 is 12.0 Å². The molecule has 2 aliphatic heterocycles. The van der Waals surface area contributed by atoms with Crippen molar-refractivity contribution < 1.29 is 24.2 Å². The number of nitrogens with one attached hydrogen (secondary N) is 2. The lowest BCUT2D eigenvalue weighted by Gasteiger charge is -2.29. The fourth-order valence-corrected chi connectivity index (χ4v) is 3.11. The predicted octanol–water partition coefficient (Wildman–Crippen LogP) is 0.0195. The third kappa shape index (κ3) is 2.97. The summed E-state index contributed by atoms with van der Waals surface area (Å²) in [7, 11) is 2.87. The molecule has 2 aliphatic rings. The normalized spacial score (nSPS) is 16.6. The molecular formula is C17H20N4O5. The van der Waals surface area contributed by atoms with E-state index in [-0.39, 0.29) is 37.0 Å². The number of rotatable bonds is 5. The number of fused-ring (bicyclic) bond motifs is 1. The zero-order chi connectivity index (χ0) is 18.8. The third-order valence-corrected chi connectivity index (χ3v) is 4.40. The summed E-state index contributed by atoms with van der Waals surface area (Å²) in [4.78, 5) is 39.5. The van der Waals surface area contributed by atoms with Crippen molar-refractivity contribution in [1.82, 2.24) is 10.2 Å². The van der Waals surface area contributed by atoms with Crippen LogP contribution in [0, 0.1) is 0 Å². The summed E-state index contributed by atoms with van der Waals surface area (Å²) in [6.07, 6.45) is 0. The molecule has 0 radical (unpaired) electrons. The average molecular weight is 360 g/mol. The molecule has 138 valence electrons. The average Bonchev–Trinajstić information content (AvgIpc) is 2.94. The van der Waals surface area contributed by atoms with Crippen molar-refractivity contribution in [2.24, 2.45) is 0 Å². The number of aliphatic hydroxyl groups is 1. The predicted molar refractivity (Wildman–Crippen MR) is 93.4 cm³/mol. The number of carbonyl (C=O) groups excluding carboxylic acids is 3. The molecule has 0 spiro atoms. The van der Waals surface area contributed by atoms with Crippen molar-refractivity contribution in [3.05, 3.63) is 35.0 Å². The van der Waals surface area contributed by atoms with Gasteiger partial charge in [-0.2, -0.15) is 0 Å². The Bertz CT molecular complexity index is 804. The van der Waals surface area contributed by atoms with Crippen LogP contribution in [0.25, 0.3) is 0 Å². The van der Waals surface area contributed by atoms with Gasteiger partial charge in [0.15, 0.2) is 0 Å². The Hall–Kier alpha value is -3.07. The van der Waals surface area contributed by atoms with E-state index in [1.807, 2.05) is 6.07 Å². The summed E-state index contributed by atoms with van der Waals surface area (Å²) < 4.78 is 4.77. The van der Waals surface area contributed by atoms with E-state index >= 15 is 0 Å². The lowest BCUT2D eigenvalue weighted by molar-refractivity contribution is -0.136. The molecule has 0 aliphatic carbocycles. The molecule has 3 rings (SSSR count). The molecule has 1 aromatic rings. The number of β-amino-alcohol motifs (C(OH)–C–C–N with tert-alkyl or cyclic N) is 1. The number of hydrogen-bond acceptors (Lipinski definition) is 6. The lowest BCUT2D eigenvalue weighted by atomic mass is 10.1. The van der Waals surface area contributed by atoms with Gasteiger partial charge in [0, 0.05) is 20.1 Å². The Morgan fingerprint density at radius 3 is 2.85 bits per heavy atom. The van der Waals surface area contributed by atoms with Crippen LogP contribution in [0.5, 0.6) is 0 Å². The quantitative estimate of drug-likeness (QED) is 0.639. The van der Waals surface area contributed by atoms with Gasteiger partial charge in [0.25, 0.3) is 5.91 Å². The molecule has 9 nitrogen and oxygen atoms in total. The maximum absolute atomic E-state index is 12.6. The molecule has 0 saturated carbocycles. The van der Waals surface area contributed by atoms with Crippen molar-refractivity contribution in [3.63, 3.8) is 0 Å². The van der Waals surface area contributed by atoms with Crippen molar-refractivity contribution >= 4 is 29.3 Å². The van der Waals surface area contributed by atoms with Gasteiger partial charge in [-0.05, 0) is 11.6 Å². The number of methoxy groups -OCH3 is 1. The first-order valence-corrected chi connectivity index (χ1v) is 8.10. The molecule has 2 heterocycles. The van der Waals surface area contributed by atoms with Crippen molar-refractivity contribution in [3.8, 4) is 0 Å². The Morgan fingerprint density at radius 1 is 1.38 bits per heavy atom.